The van der Waals surface area contributed by atoms with Gasteiger partial charge in [-0.15, -0.1) is 0 Å². The second kappa shape index (κ2) is 13.6. The van der Waals surface area contributed by atoms with Gasteiger partial charge in [0, 0.05) is 6.54 Å². The summed E-state index contributed by atoms with van der Waals surface area (Å²) in [6.07, 6.45) is -16.1. The van der Waals surface area contributed by atoms with Gasteiger partial charge < -0.3 is 64.7 Å². The van der Waals surface area contributed by atoms with Gasteiger partial charge in [0.05, 0.1) is 19.8 Å². The highest BCUT2D eigenvalue weighted by atomic mass is 16.7. The van der Waals surface area contributed by atoms with Crippen LogP contribution in [0.1, 0.15) is 5.56 Å². The minimum Gasteiger partial charge on any atom is -0.445 e. The van der Waals surface area contributed by atoms with Crippen molar-refractivity contribution >= 4 is 6.09 Å². The first-order valence-electron chi connectivity index (χ1n) is 11.4. The molecule has 14 nitrogen and oxygen atoms in total. The molecule has 1 amide bonds. The highest BCUT2D eigenvalue weighted by Gasteiger charge is 2.50. The average molecular weight is 520 g/mol. The minimum absolute atomic E-state index is 0.00904. The molecule has 8 N–H and O–H groups in total. The van der Waals surface area contributed by atoms with Gasteiger partial charge in [0.25, 0.3) is 0 Å². The monoisotopic (exact) mass is 519 g/mol. The van der Waals surface area contributed by atoms with E-state index >= 15 is 0 Å². The molecule has 1 aromatic carbocycles. The van der Waals surface area contributed by atoms with Crippen molar-refractivity contribution < 1.29 is 64.2 Å². The van der Waals surface area contributed by atoms with Gasteiger partial charge in [-0.1, -0.05) is 30.3 Å². The predicted molar refractivity (Wildman–Crippen MR) is 117 cm³/mol. The summed E-state index contributed by atoms with van der Waals surface area (Å²) in [5.41, 5.74) is 0.812. The highest BCUT2D eigenvalue weighted by Crippen LogP contribution is 2.29. The van der Waals surface area contributed by atoms with Crippen molar-refractivity contribution in [3.8, 4) is 0 Å². The number of carbonyl (C=O) groups excluding carboxylic acids is 1. The standard InChI is InChI=1S/C22H33NO13/c24-8-12-14(26)15(27)17(29)21(34-12)36-19-13(9-25)35-20(18(30)16(19)28)32-7-6-23-22(31)33-10-11-4-2-1-3-5-11/h1-5,12-21,24-30H,6-10H2,(H,23,31)/t12-,13-,14+,15+,16-,17-,18-,19-,20-,21+/m1/s1. The Hall–Kier alpha value is -1.95. The third kappa shape index (κ3) is 7.08. The predicted octanol–water partition coefficient (Wildman–Crippen LogP) is -3.45. The largest absolute Gasteiger partial charge is 0.445 e. The maximum Gasteiger partial charge on any atom is 0.407 e. The SMILES string of the molecule is O=C(NCCO[C@@H]1O[C@H](CO)[C@@H](O[C@@H]2O[C@H](CO)[C@H](O)[C@H](O)[C@H]2O)[C@H](O)[C@H]1O)OCc1ccccc1. The number of amides is 1. The van der Waals surface area contributed by atoms with Crippen molar-refractivity contribution in [1.82, 2.24) is 5.32 Å². The van der Waals surface area contributed by atoms with Gasteiger partial charge >= 0.3 is 6.09 Å². The van der Waals surface area contributed by atoms with Gasteiger partial charge in [-0.2, -0.15) is 0 Å². The lowest BCUT2D eigenvalue weighted by atomic mass is 9.97. The summed E-state index contributed by atoms with van der Waals surface area (Å²) in [6.45, 7) is -1.44. The van der Waals surface area contributed by atoms with E-state index in [9.17, 15) is 40.5 Å². The zero-order valence-electron chi connectivity index (χ0n) is 19.3. The summed E-state index contributed by atoms with van der Waals surface area (Å²) in [7, 11) is 0. The molecule has 2 fully saturated rings. The van der Waals surface area contributed by atoms with E-state index < -0.39 is 80.7 Å². The number of aliphatic hydroxyl groups is 7. The maximum absolute atomic E-state index is 11.8. The lowest BCUT2D eigenvalue weighted by Crippen LogP contribution is -2.64. The Morgan fingerprint density at radius 2 is 1.47 bits per heavy atom. The van der Waals surface area contributed by atoms with E-state index in [1.807, 2.05) is 18.2 Å². The Kier molecular flexibility index (Phi) is 10.8. The van der Waals surface area contributed by atoms with Crippen LogP contribution in [0.5, 0.6) is 0 Å². The molecule has 0 unspecified atom stereocenters. The van der Waals surface area contributed by atoms with Gasteiger partial charge in [0.1, 0.15) is 55.4 Å². The van der Waals surface area contributed by atoms with Crippen LogP contribution < -0.4 is 5.32 Å². The topological polar surface area (TPSA) is 217 Å². The first-order chi connectivity index (χ1) is 17.3. The van der Waals surface area contributed by atoms with Crippen LogP contribution in [0.25, 0.3) is 0 Å². The van der Waals surface area contributed by atoms with Gasteiger partial charge in [-0.3, -0.25) is 0 Å². The Labute approximate surface area is 206 Å². The van der Waals surface area contributed by atoms with Gasteiger partial charge in [-0.25, -0.2) is 4.79 Å². The number of rotatable bonds is 10. The zero-order valence-corrected chi connectivity index (χ0v) is 19.3. The third-order valence-electron chi connectivity index (χ3n) is 5.83. The maximum atomic E-state index is 11.8. The fourth-order valence-electron chi connectivity index (χ4n) is 3.80. The molecule has 0 bridgehead atoms. The van der Waals surface area contributed by atoms with Crippen LogP contribution >= 0.6 is 0 Å². The van der Waals surface area contributed by atoms with Crippen molar-refractivity contribution in [1.29, 1.82) is 0 Å². The van der Waals surface area contributed by atoms with E-state index in [-0.39, 0.29) is 19.8 Å². The molecule has 2 saturated heterocycles. The molecule has 36 heavy (non-hydrogen) atoms. The van der Waals surface area contributed by atoms with Crippen LogP contribution in [0.3, 0.4) is 0 Å². The van der Waals surface area contributed by atoms with Gasteiger partial charge in [0.15, 0.2) is 12.6 Å². The molecule has 0 aromatic heterocycles. The van der Waals surface area contributed by atoms with Crippen LogP contribution in [-0.2, 0) is 30.3 Å². The average Bonchev–Trinajstić information content (AvgIpc) is 2.89. The van der Waals surface area contributed by atoms with Gasteiger partial charge in [0.2, 0.25) is 0 Å². The Morgan fingerprint density at radius 3 is 2.14 bits per heavy atom. The Bertz CT molecular complexity index is 797. The zero-order chi connectivity index (χ0) is 26.2. The van der Waals surface area contributed by atoms with Crippen LogP contribution in [0.15, 0.2) is 30.3 Å². The van der Waals surface area contributed by atoms with Crippen molar-refractivity contribution in [3.63, 3.8) is 0 Å². The molecule has 0 radical (unpaired) electrons. The lowest BCUT2D eigenvalue weighted by molar-refractivity contribution is -0.359. The van der Waals surface area contributed by atoms with Crippen LogP contribution in [-0.4, -0.2) is 130 Å². The van der Waals surface area contributed by atoms with E-state index in [0.717, 1.165) is 5.56 Å². The number of hydrogen-bond donors (Lipinski definition) is 8. The van der Waals surface area contributed by atoms with Crippen molar-refractivity contribution in [3.05, 3.63) is 35.9 Å². The lowest BCUT2D eigenvalue weighted by Gasteiger charge is -2.45. The molecule has 3 rings (SSSR count). The third-order valence-corrected chi connectivity index (χ3v) is 5.83. The fourth-order valence-corrected chi connectivity index (χ4v) is 3.80. The molecule has 0 aliphatic carbocycles. The number of hydrogen-bond acceptors (Lipinski definition) is 13. The summed E-state index contributed by atoms with van der Waals surface area (Å²) < 4.78 is 26.6. The van der Waals surface area contributed by atoms with Crippen molar-refractivity contribution in [2.24, 2.45) is 0 Å². The van der Waals surface area contributed by atoms with E-state index in [4.69, 9.17) is 23.7 Å². The number of nitrogens with one attached hydrogen (secondary N) is 1. The Balaban J connectivity index is 1.46. The summed E-state index contributed by atoms with van der Waals surface area (Å²) in [6, 6.07) is 9.07. The van der Waals surface area contributed by atoms with Crippen LogP contribution in [0, 0.1) is 0 Å². The first kappa shape index (κ1) is 28.6. The van der Waals surface area contributed by atoms with Gasteiger partial charge in [-0.05, 0) is 5.56 Å². The molecule has 2 heterocycles. The molecule has 14 heteroatoms. The Morgan fingerprint density at radius 1 is 0.833 bits per heavy atom. The van der Waals surface area contributed by atoms with Crippen LogP contribution in [0.2, 0.25) is 0 Å². The second-order valence-corrected chi connectivity index (χ2v) is 8.36. The molecule has 2 aliphatic rings. The molecule has 0 spiro atoms. The number of carbonyl (C=O) groups is 1. The van der Waals surface area contributed by atoms with Crippen molar-refractivity contribution in [2.75, 3.05) is 26.4 Å². The number of ether oxygens (including phenoxy) is 5. The smallest absolute Gasteiger partial charge is 0.407 e. The molecular weight excluding hydrogens is 486 g/mol. The first-order valence-corrected chi connectivity index (χ1v) is 11.4. The molecule has 204 valence electrons. The van der Waals surface area contributed by atoms with Crippen molar-refractivity contribution in [2.45, 2.75) is 68.0 Å². The number of aliphatic hydroxyl groups excluding tert-OH is 7. The highest BCUT2D eigenvalue weighted by molar-refractivity contribution is 5.67. The van der Waals surface area contributed by atoms with E-state index in [1.54, 1.807) is 12.1 Å². The molecule has 2 aliphatic heterocycles. The minimum atomic E-state index is -1.76. The summed E-state index contributed by atoms with van der Waals surface area (Å²) >= 11 is 0. The van der Waals surface area contributed by atoms with E-state index in [0.29, 0.717) is 0 Å². The molecule has 0 saturated carbocycles. The normalized spacial score (nSPS) is 36.9. The second-order valence-electron chi connectivity index (χ2n) is 8.36. The summed E-state index contributed by atoms with van der Waals surface area (Å²) in [4.78, 5) is 11.8. The fraction of sp³-hybridized carbons (Fsp3) is 0.682. The van der Waals surface area contributed by atoms with E-state index in [2.05, 4.69) is 5.32 Å². The number of alkyl carbamates (subject to hydrolysis) is 1. The summed E-state index contributed by atoms with van der Waals surface area (Å²) in [5, 5.41) is 72.4. The molecule has 1 aromatic rings. The number of benzene rings is 1. The molecule has 10 atom stereocenters. The van der Waals surface area contributed by atoms with Crippen LogP contribution in [0.4, 0.5) is 4.79 Å². The quantitative estimate of drug-likeness (QED) is 0.141. The summed E-state index contributed by atoms with van der Waals surface area (Å²) in [5.74, 6) is 0. The molecular formula is C22H33NO13. The van der Waals surface area contributed by atoms with E-state index in [1.165, 1.54) is 0 Å².